The molecule has 9 nitrogen and oxygen atoms in total. The molecule has 0 spiro atoms. The van der Waals surface area contributed by atoms with Crippen LogP contribution < -0.4 is 10.1 Å². The van der Waals surface area contributed by atoms with Gasteiger partial charge in [-0.05, 0) is 12.8 Å². The summed E-state index contributed by atoms with van der Waals surface area (Å²) in [5.74, 6) is -0.0460. The van der Waals surface area contributed by atoms with E-state index in [2.05, 4.69) is 10.4 Å². The molecule has 0 aromatic carbocycles. The van der Waals surface area contributed by atoms with Crippen molar-refractivity contribution in [2.24, 2.45) is 7.05 Å². The summed E-state index contributed by atoms with van der Waals surface area (Å²) in [5, 5.41) is 6.89. The Kier molecular flexibility index (Phi) is 5.51. The summed E-state index contributed by atoms with van der Waals surface area (Å²) >= 11 is 0. The maximum atomic E-state index is 12.4. The van der Waals surface area contributed by atoms with Crippen LogP contribution in [0.2, 0.25) is 0 Å². The lowest BCUT2D eigenvalue weighted by Gasteiger charge is -2.39. The van der Waals surface area contributed by atoms with E-state index in [9.17, 15) is 13.2 Å². The van der Waals surface area contributed by atoms with Gasteiger partial charge in [-0.25, -0.2) is 12.7 Å². The fourth-order valence-corrected chi connectivity index (χ4v) is 3.64. The molecule has 0 saturated carbocycles. The van der Waals surface area contributed by atoms with Gasteiger partial charge in [-0.2, -0.15) is 0 Å². The molecule has 0 atom stereocenters. The molecular weight excluding hydrogens is 336 g/mol. The van der Waals surface area contributed by atoms with Crippen molar-refractivity contribution in [1.29, 1.82) is 0 Å². The summed E-state index contributed by atoms with van der Waals surface area (Å²) in [7, 11) is 1.53. The average Bonchev–Trinajstić information content (AvgIpc) is 2.93. The van der Waals surface area contributed by atoms with E-state index < -0.39 is 15.6 Å². The van der Waals surface area contributed by atoms with Crippen LogP contribution in [0, 0.1) is 0 Å². The second-order valence-electron chi connectivity index (χ2n) is 5.96. The number of aryl methyl sites for hydroxylation is 1. The SMILES string of the molecule is COc1nn(C)cc1C(=O)NCC1(OC)CCN(S(C)(=O)=O)CC1. The number of nitrogens with one attached hydrogen (secondary N) is 1. The summed E-state index contributed by atoms with van der Waals surface area (Å²) in [4.78, 5) is 12.4. The number of sulfonamides is 1. The van der Waals surface area contributed by atoms with Crippen LogP contribution in [0.25, 0.3) is 0 Å². The molecular formula is C14H24N4O5S. The highest BCUT2D eigenvalue weighted by Crippen LogP contribution is 2.26. The van der Waals surface area contributed by atoms with Gasteiger partial charge in [0.1, 0.15) is 5.56 Å². The van der Waals surface area contributed by atoms with E-state index in [-0.39, 0.29) is 18.3 Å². The van der Waals surface area contributed by atoms with Crippen LogP contribution in [0.3, 0.4) is 0 Å². The van der Waals surface area contributed by atoms with Crippen molar-refractivity contribution in [2.45, 2.75) is 18.4 Å². The summed E-state index contributed by atoms with van der Waals surface area (Å²) in [5.41, 5.74) is -0.230. The molecule has 1 aromatic heterocycles. The van der Waals surface area contributed by atoms with E-state index in [1.807, 2.05) is 0 Å². The fourth-order valence-electron chi connectivity index (χ4n) is 2.79. The highest BCUT2D eigenvalue weighted by Gasteiger charge is 2.37. The first-order valence-corrected chi connectivity index (χ1v) is 9.42. The van der Waals surface area contributed by atoms with Gasteiger partial charge in [0.15, 0.2) is 0 Å². The monoisotopic (exact) mass is 360 g/mol. The van der Waals surface area contributed by atoms with Crippen LogP contribution in [0.15, 0.2) is 6.20 Å². The first kappa shape index (κ1) is 18.7. The number of aromatic nitrogens is 2. The Bertz CT molecular complexity index is 692. The zero-order valence-corrected chi connectivity index (χ0v) is 15.2. The molecule has 2 rings (SSSR count). The molecule has 1 amide bonds. The van der Waals surface area contributed by atoms with Crippen LogP contribution >= 0.6 is 0 Å². The average molecular weight is 360 g/mol. The Morgan fingerprint density at radius 3 is 2.50 bits per heavy atom. The smallest absolute Gasteiger partial charge is 0.258 e. The molecule has 1 N–H and O–H groups in total. The van der Waals surface area contributed by atoms with Crippen LogP contribution in [0.4, 0.5) is 0 Å². The standard InChI is InChI=1S/C14H24N4O5S/c1-17-9-11(13(16-17)22-2)12(19)15-10-14(23-3)5-7-18(8-6-14)24(4,20)21/h9H,5-8,10H2,1-4H3,(H,15,19). The Balaban J connectivity index is 2.00. The van der Waals surface area contributed by atoms with Crippen molar-refractivity contribution in [3.8, 4) is 5.88 Å². The van der Waals surface area contributed by atoms with E-state index in [1.54, 1.807) is 20.4 Å². The van der Waals surface area contributed by atoms with Gasteiger partial charge in [0, 0.05) is 40.0 Å². The minimum absolute atomic E-state index is 0.258. The van der Waals surface area contributed by atoms with E-state index in [1.165, 1.54) is 22.4 Å². The maximum Gasteiger partial charge on any atom is 0.258 e. The van der Waals surface area contributed by atoms with Crippen molar-refractivity contribution in [1.82, 2.24) is 19.4 Å². The lowest BCUT2D eigenvalue weighted by Crippen LogP contribution is -2.53. The molecule has 0 aliphatic carbocycles. The number of nitrogens with zero attached hydrogens (tertiary/aromatic N) is 3. The minimum Gasteiger partial charge on any atom is -0.479 e. The zero-order valence-electron chi connectivity index (χ0n) is 14.4. The van der Waals surface area contributed by atoms with Gasteiger partial charge < -0.3 is 14.8 Å². The highest BCUT2D eigenvalue weighted by atomic mass is 32.2. The molecule has 1 saturated heterocycles. The largest absolute Gasteiger partial charge is 0.479 e. The first-order chi connectivity index (χ1) is 11.2. The van der Waals surface area contributed by atoms with Crippen molar-refractivity contribution in [3.63, 3.8) is 0 Å². The molecule has 10 heteroatoms. The number of rotatable bonds is 6. The number of hydrogen-bond donors (Lipinski definition) is 1. The molecule has 1 aliphatic rings. The summed E-state index contributed by atoms with van der Waals surface area (Å²) in [6.07, 6.45) is 3.81. The Morgan fingerprint density at radius 2 is 2.00 bits per heavy atom. The highest BCUT2D eigenvalue weighted by molar-refractivity contribution is 7.88. The molecule has 1 aromatic rings. The Morgan fingerprint density at radius 1 is 1.38 bits per heavy atom. The van der Waals surface area contributed by atoms with Crippen LogP contribution in [-0.4, -0.2) is 74.1 Å². The number of carbonyl (C=O) groups excluding carboxylic acids is 1. The van der Waals surface area contributed by atoms with Crippen LogP contribution in [-0.2, 0) is 21.8 Å². The zero-order chi connectivity index (χ0) is 18.0. The molecule has 24 heavy (non-hydrogen) atoms. The number of carbonyl (C=O) groups is 1. The maximum absolute atomic E-state index is 12.4. The lowest BCUT2D eigenvalue weighted by atomic mass is 9.92. The normalized spacial score (nSPS) is 18.3. The van der Waals surface area contributed by atoms with E-state index in [4.69, 9.17) is 9.47 Å². The van der Waals surface area contributed by atoms with Crippen molar-refractivity contribution < 1.29 is 22.7 Å². The predicted molar refractivity (Wildman–Crippen MR) is 87.5 cm³/mol. The van der Waals surface area contributed by atoms with Gasteiger partial charge in [0.2, 0.25) is 15.9 Å². The number of piperidine rings is 1. The summed E-state index contributed by atoms with van der Waals surface area (Å²) in [6, 6.07) is 0. The number of ether oxygens (including phenoxy) is 2. The van der Waals surface area contributed by atoms with Gasteiger partial charge in [-0.15, -0.1) is 5.10 Å². The molecule has 0 bridgehead atoms. The number of amides is 1. The van der Waals surface area contributed by atoms with E-state index in [0.29, 0.717) is 31.5 Å². The molecule has 136 valence electrons. The first-order valence-electron chi connectivity index (χ1n) is 7.57. The van der Waals surface area contributed by atoms with Gasteiger partial charge in [0.05, 0.1) is 19.0 Å². The van der Waals surface area contributed by atoms with E-state index >= 15 is 0 Å². The van der Waals surface area contributed by atoms with Crippen LogP contribution in [0.1, 0.15) is 23.2 Å². The Hall–Kier alpha value is -1.65. The van der Waals surface area contributed by atoms with Gasteiger partial charge >= 0.3 is 0 Å². The van der Waals surface area contributed by atoms with Crippen LogP contribution in [0.5, 0.6) is 5.88 Å². The van der Waals surface area contributed by atoms with Crippen molar-refractivity contribution >= 4 is 15.9 Å². The third kappa shape index (κ3) is 4.05. The van der Waals surface area contributed by atoms with Gasteiger partial charge in [0.25, 0.3) is 5.91 Å². The molecule has 1 fully saturated rings. The number of hydrogen-bond acceptors (Lipinski definition) is 6. The summed E-state index contributed by atoms with van der Waals surface area (Å²) in [6.45, 7) is 1.04. The quantitative estimate of drug-likeness (QED) is 0.740. The van der Waals surface area contributed by atoms with Gasteiger partial charge in [-0.3, -0.25) is 9.48 Å². The Labute approximate surface area is 142 Å². The second kappa shape index (κ2) is 7.08. The molecule has 2 heterocycles. The molecule has 1 aliphatic heterocycles. The summed E-state index contributed by atoms with van der Waals surface area (Å²) < 4.78 is 36.8. The third-order valence-corrected chi connectivity index (χ3v) is 5.64. The molecule has 0 radical (unpaired) electrons. The number of methoxy groups -OCH3 is 2. The van der Waals surface area contributed by atoms with E-state index in [0.717, 1.165) is 0 Å². The molecule has 0 unspecified atom stereocenters. The van der Waals surface area contributed by atoms with Gasteiger partial charge in [-0.1, -0.05) is 0 Å². The minimum atomic E-state index is -3.20. The third-order valence-electron chi connectivity index (χ3n) is 4.34. The lowest BCUT2D eigenvalue weighted by molar-refractivity contribution is -0.0424. The topological polar surface area (TPSA) is 103 Å². The van der Waals surface area contributed by atoms with Crippen molar-refractivity contribution in [3.05, 3.63) is 11.8 Å². The van der Waals surface area contributed by atoms with Crippen molar-refractivity contribution in [2.75, 3.05) is 40.1 Å². The second-order valence-corrected chi connectivity index (χ2v) is 7.94. The predicted octanol–water partition coefficient (Wildman–Crippen LogP) is -0.401. The fraction of sp³-hybridized carbons (Fsp3) is 0.714.